The van der Waals surface area contributed by atoms with Crippen LogP contribution in [0, 0.1) is 0 Å². The Kier molecular flexibility index (Phi) is 7.45. The fourth-order valence-electron chi connectivity index (χ4n) is 2.19. The molecule has 12 heteroatoms. The largest absolute Gasteiger partial charge is 0.397 e. The fourth-order valence-corrected chi connectivity index (χ4v) is 5.38. The van der Waals surface area contributed by atoms with Crippen molar-refractivity contribution in [2.24, 2.45) is 0 Å². The van der Waals surface area contributed by atoms with E-state index in [0.717, 1.165) is 0 Å². The molecule has 10 nitrogen and oxygen atoms in total. The molecule has 22 heavy (non-hydrogen) atoms. The van der Waals surface area contributed by atoms with Gasteiger partial charge in [0.2, 0.25) is 0 Å². The minimum atomic E-state index is -4.88. The highest BCUT2D eigenvalue weighted by molar-refractivity contribution is 7.97. The summed E-state index contributed by atoms with van der Waals surface area (Å²) in [6, 6.07) is 0. The summed E-state index contributed by atoms with van der Waals surface area (Å²) < 4.78 is 33.9. The van der Waals surface area contributed by atoms with Crippen LogP contribution in [-0.2, 0) is 25.5 Å². The van der Waals surface area contributed by atoms with Crippen molar-refractivity contribution in [3.8, 4) is 0 Å². The lowest BCUT2D eigenvalue weighted by molar-refractivity contribution is -0.0611. The monoisotopic (exact) mass is 365 g/mol. The molecule has 1 unspecified atom stereocenters. The first-order valence-electron chi connectivity index (χ1n) is 6.36. The highest BCUT2D eigenvalue weighted by Gasteiger charge is 2.50. The van der Waals surface area contributed by atoms with E-state index in [1.54, 1.807) is 0 Å². The van der Waals surface area contributed by atoms with Crippen molar-refractivity contribution < 1.29 is 47.8 Å². The maximum Gasteiger partial charge on any atom is 0.397 e. The van der Waals surface area contributed by atoms with Crippen LogP contribution in [0.2, 0.25) is 0 Å². The van der Waals surface area contributed by atoms with Gasteiger partial charge >= 0.3 is 10.4 Å². The smallest absolute Gasteiger partial charge is 0.394 e. The third-order valence-electron chi connectivity index (χ3n) is 3.36. The van der Waals surface area contributed by atoms with E-state index >= 15 is 0 Å². The molecule has 0 aromatic rings. The van der Waals surface area contributed by atoms with Crippen molar-refractivity contribution in [3.63, 3.8) is 0 Å². The Bertz CT molecular complexity index is 443. The Balaban J connectivity index is 2.77. The van der Waals surface area contributed by atoms with E-state index in [4.69, 9.17) is 9.66 Å². The quantitative estimate of drug-likeness (QED) is 0.172. The van der Waals surface area contributed by atoms with E-state index in [0.29, 0.717) is 0 Å². The summed E-state index contributed by atoms with van der Waals surface area (Å²) in [5, 5.41) is 56.4. The first-order valence-corrected chi connectivity index (χ1v) is 9.35. The van der Waals surface area contributed by atoms with Crippen molar-refractivity contribution in [2.45, 2.75) is 35.8 Å². The van der Waals surface area contributed by atoms with Crippen LogP contribution in [0.15, 0.2) is 0 Å². The van der Waals surface area contributed by atoms with Gasteiger partial charge in [0, 0.05) is 10.9 Å². The third kappa shape index (κ3) is 5.26. The summed E-state index contributed by atoms with van der Waals surface area (Å²) >= 11 is 0. The predicted octanol–water partition coefficient (Wildman–Crippen LogP) is -4.40. The van der Waals surface area contributed by atoms with Crippen LogP contribution in [0.1, 0.15) is 0 Å². The minimum absolute atomic E-state index is 0.0233. The molecular weight excluding hydrogens is 344 g/mol. The van der Waals surface area contributed by atoms with Gasteiger partial charge in [-0.3, -0.25) is 4.55 Å². The first-order chi connectivity index (χ1) is 10.1. The molecule has 0 bridgehead atoms. The Morgan fingerprint density at radius 2 is 1.77 bits per heavy atom. The summed E-state index contributed by atoms with van der Waals surface area (Å²) in [5.41, 5.74) is 0. The second kappa shape index (κ2) is 8.19. The molecule has 0 aliphatic carbocycles. The second-order valence-corrected chi connectivity index (χ2v) is 8.35. The topological polar surface area (TPSA) is 185 Å². The van der Waals surface area contributed by atoms with Crippen molar-refractivity contribution in [3.05, 3.63) is 0 Å². The van der Waals surface area contributed by atoms with Crippen molar-refractivity contribution in [1.29, 1.82) is 0 Å². The summed E-state index contributed by atoms with van der Waals surface area (Å²) in [7, 11) is -5.85. The molecule has 0 aromatic carbocycles. The van der Waals surface area contributed by atoms with Crippen LogP contribution in [0.5, 0.6) is 0 Å². The zero-order chi connectivity index (χ0) is 17.1. The van der Waals surface area contributed by atoms with Crippen LogP contribution < -0.4 is 0 Å². The van der Waals surface area contributed by atoms with Gasteiger partial charge in [0.25, 0.3) is 0 Å². The lowest BCUT2D eigenvalue weighted by Crippen LogP contribution is -2.59. The molecule has 1 aliphatic heterocycles. The SMILES string of the molecule is O=S(=O)(O)O[C@H](CO)[C@H](O)C[S+]1C[C@H](O)[C@@H](O)[C@H](O)[C@H]1CO. The minimum Gasteiger partial charge on any atom is -0.394 e. The molecule has 1 heterocycles. The van der Waals surface area contributed by atoms with E-state index in [1.807, 2.05) is 0 Å². The summed E-state index contributed by atoms with van der Waals surface area (Å²) in [6.07, 6.45) is -7.24. The van der Waals surface area contributed by atoms with Gasteiger partial charge < -0.3 is 30.6 Å². The van der Waals surface area contributed by atoms with Gasteiger partial charge in [-0.15, -0.1) is 0 Å². The molecule has 0 aromatic heterocycles. The molecule has 1 aliphatic rings. The zero-order valence-corrected chi connectivity index (χ0v) is 13.1. The lowest BCUT2D eigenvalue weighted by atomic mass is 10.1. The molecule has 0 saturated carbocycles. The van der Waals surface area contributed by atoms with E-state index in [9.17, 15) is 34.0 Å². The number of aliphatic hydroxyl groups is 6. The number of aliphatic hydroxyl groups excluding tert-OH is 6. The average Bonchev–Trinajstić information content (AvgIpc) is 2.41. The van der Waals surface area contributed by atoms with E-state index < -0.39 is 70.3 Å². The van der Waals surface area contributed by atoms with Crippen LogP contribution in [0.3, 0.4) is 0 Å². The predicted molar refractivity (Wildman–Crippen MR) is 75.5 cm³/mol. The molecule has 7 atom stereocenters. The molecule has 1 saturated heterocycles. The van der Waals surface area contributed by atoms with Gasteiger partial charge in [-0.1, -0.05) is 0 Å². The maximum absolute atomic E-state index is 10.6. The van der Waals surface area contributed by atoms with Crippen LogP contribution in [0.25, 0.3) is 0 Å². The molecule has 1 fully saturated rings. The maximum atomic E-state index is 10.6. The van der Waals surface area contributed by atoms with Gasteiger partial charge in [0.15, 0.2) is 5.25 Å². The van der Waals surface area contributed by atoms with E-state index in [1.165, 1.54) is 0 Å². The Hall–Kier alpha value is -0.0200. The number of hydrogen-bond acceptors (Lipinski definition) is 9. The highest BCUT2D eigenvalue weighted by atomic mass is 32.3. The molecule has 0 radical (unpaired) electrons. The number of rotatable bonds is 7. The molecule has 132 valence electrons. The Morgan fingerprint density at radius 3 is 2.23 bits per heavy atom. The van der Waals surface area contributed by atoms with Crippen LogP contribution in [-0.4, -0.2) is 104 Å². The fraction of sp³-hybridized carbons (Fsp3) is 1.00. The van der Waals surface area contributed by atoms with Crippen LogP contribution >= 0.6 is 0 Å². The molecule has 7 N–H and O–H groups in total. The van der Waals surface area contributed by atoms with Gasteiger partial charge in [-0.2, -0.15) is 8.42 Å². The Labute approximate surface area is 130 Å². The highest BCUT2D eigenvalue weighted by Crippen LogP contribution is 2.25. The average molecular weight is 365 g/mol. The van der Waals surface area contributed by atoms with Gasteiger partial charge in [-0.05, 0) is 0 Å². The standard InChI is InChI=1S/C10H20O10S2/c11-1-7(20-22(17,18)19)5(13)3-21-4-6(14)9(15)10(16)8(21)2-12/h5-16H,1-4H2/p+1/t5-,6+,7-,8-,9-,10-,21?/m1/s1. The van der Waals surface area contributed by atoms with Crippen molar-refractivity contribution in [2.75, 3.05) is 24.7 Å². The molecule has 0 amide bonds. The Morgan fingerprint density at radius 1 is 1.18 bits per heavy atom. The number of hydrogen-bond donors (Lipinski definition) is 7. The van der Waals surface area contributed by atoms with Gasteiger partial charge in [0.05, 0.1) is 13.2 Å². The van der Waals surface area contributed by atoms with Crippen LogP contribution in [0.4, 0.5) is 0 Å². The van der Waals surface area contributed by atoms with Gasteiger partial charge in [-0.25, -0.2) is 4.18 Å². The third-order valence-corrected chi connectivity index (χ3v) is 6.67. The van der Waals surface area contributed by atoms with Crippen molar-refractivity contribution >= 4 is 21.3 Å². The van der Waals surface area contributed by atoms with Gasteiger partial charge in [0.1, 0.15) is 42.0 Å². The van der Waals surface area contributed by atoms with E-state index in [2.05, 4.69) is 4.18 Å². The molecule has 0 spiro atoms. The molecule has 1 rings (SSSR count). The normalized spacial score (nSPS) is 36.0. The lowest BCUT2D eigenvalue weighted by Gasteiger charge is -2.35. The summed E-state index contributed by atoms with van der Waals surface area (Å²) in [4.78, 5) is 0. The summed E-state index contributed by atoms with van der Waals surface area (Å²) in [6.45, 7) is -1.40. The van der Waals surface area contributed by atoms with E-state index in [-0.39, 0.29) is 11.5 Å². The van der Waals surface area contributed by atoms with Crippen molar-refractivity contribution in [1.82, 2.24) is 0 Å². The zero-order valence-electron chi connectivity index (χ0n) is 11.5. The second-order valence-electron chi connectivity index (χ2n) is 4.95. The molecular formula is C10H21O10S2+. The summed E-state index contributed by atoms with van der Waals surface area (Å²) in [5.74, 6) is -0.225. The first kappa shape index (κ1) is 20.0.